The Labute approximate surface area is 84.7 Å². The number of nitrogens with zero attached hydrogens (tertiary/aromatic N) is 2. The highest BCUT2D eigenvalue weighted by atomic mass is 79.9. The van der Waals surface area contributed by atoms with Gasteiger partial charge < -0.3 is 14.4 Å². The fourth-order valence-electron chi connectivity index (χ4n) is 1.45. The van der Waals surface area contributed by atoms with E-state index in [2.05, 4.69) is 20.9 Å². The second-order valence-corrected chi connectivity index (χ2v) is 4.01. The fraction of sp³-hybridized carbons (Fsp3) is 0.625. The van der Waals surface area contributed by atoms with Crippen LogP contribution in [0.3, 0.4) is 0 Å². The number of rotatable bonds is 1. The van der Waals surface area contributed by atoms with Crippen molar-refractivity contribution >= 4 is 15.9 Å². The van der Waals surface area contributed by atoms with Crippen molar-refractivity contribution in [1.82, 2.24) is 9.55 Å². The maximum Gasteiger partial charge on any atom is 0.136 e. The van der Waals surface area contributed by atoms with E-state index in [9.17, 15) is 0 Å². The third-order valence-corrected chi connectivity index (χ3v) is 2.51. The second-order valence-electron chi connectivity index (χ2n) is 3.20. The van der Waals surface area contributed by atoms with Crippen molar-refractivity contribution in [2.45, 2.75) is 13.2 Å². The quantitative estimate of drug-likeness (QED) is 0.797. The highest BCUT2D eigenvalue weighted by Gasteiger charge is 2.17. The Morgan fingerprint density at radius 2 is 2.62 bits per heavy atom. The van der Waals surface area contributed by atoms with Crippen LogP contribution in [0.4, 0.5) is 0 Å². The maximum absolute atomic E-state index is 9.02. The van der Waals surface area contributed by atoms with E-state index >= 15 is 0 Å². The van der Waals surface area contributed by atoms with Crippen LogP contribution < -0.4 is 0 Å². The van der Waals surface area contributed by atoms with Crippen LogP contribution >= 0.6 is 15.9 Å². The molecule has 1 aromatic rings. The van der Waals surface area contributed by atoms with Gasteiger partial charge in [0.1, 0.15) is 17.0 Å². The Bertz CT molecular complexity index is 300. The number of aromatic nitrogens is 2. The topological polar surface area (TPSA) is 47.3 Å². The number of aliphatic hydroxyl groups excluding tert-OH is 1. The minimum absolute atomic E-state index is 0.162. The molecule has 72 valence electrons. The van der Waals surface area contributed by atoms with Gasteiger partial charge >= 0.3 is 0 Å². The summed E-state index contributed by atoms with van der Waals surface area (Å²) in [7, 11) is 0. The average molecular weight is 247 g/mol. The van der Waals surface area contributed by atoms with Gasteiger partial charge in [-0.3, -0.25) is 0 Å². The molecule has 13 heavy (non-hydrogen) atoms. The molecule has 1 aliphatic rings. The minimum Gasteiger partial charge on any atom is -0.396 e. The number of ether oxygens (including phenoxy) is 1. The van der Waals surface area contributed by atoms with Crippen LogP contribution in [-0.2, 0) is 17.9 Å². The predicted octanol–water partition coefficient (Wildman–Crippen LogP) is 0.784. The number of fused-ring (bicyclic) bond motifs is 1. The van der Waals surface area contributed by atoms with Gasteiger partial charge in [-0.2, -0.15) is 0 Å². The van der Waals surface area contributed by atoms with Crippen LogP contribution in [0.5, 0.6) is 0 Å². The van der Waals surface area contributed by atoms with Crippen LogP contribution in [0.2, 0.25) is 0 Å². The van der Waals surface area contributed by atoms with Crippen molar-refractivity contribution in [3.05, 3.63) is 16.6 Å². The molecule has 5 heteroatoms. The summed E-state index contributed by atoms with van der Waals surface area (Å²) in [5.41, 5.74) is 0. The lowest BCUT2D eigenvalue weighted by molar-refractivity contribution is 0.0688. The van der Waals surface area contributed by atoms with Gasteiger partial charge in [0.15, 0.2) is 0 Å². The van der Waals surface area contributed by atoms with Gasteiger partial charge in [-0.15, -0.1) is 0 Å². The number of hydrogen-bond donors (Lipinski definition) is 1. The third kappa shape index (κ3) is 1.92. The second kappa shape index (κ2) is 3.77. The summed E-state index contributed by atoms with van der Waals surface area (Å²) in [5, 5.41) is 9.02. The SMILES string of the molecule is OCC1COCc2nc(Br)cn2C1. The van der Waals surface area contributed by atoms with E-state index in [1.165, 1.54) is 0 Å². The molecule has 0 saturated carbocycles. The molecule has 0 aliphatic carbocycles. The molecule has 0 bridgehead atoms. The van der Waals surface area contributed by atoms with Gasteiger partial charge in [0.2, 0.25) is 0 Å². The van der Waals surface area contributed by atoms with Crippen molar-refractivity contribution in [2.75, 3.05) is 13.2 Å². The van der Waals surface area contributed by atoms with E-state index in [1.54, 1.807) is 0 Å². The molecule has 1 N–H and O–H groups in total. The van der Waals surface area contributed by atoms with E-state index in [0.717, 1.165) is 17.0 Å². The van der Waals surface area contributed by atoms with E-state index < -0.39 is 0 Å². The first-order valence-electron chi connectivity index (χ1n) is 4.19. The van der Waals surface area contributed by atoms with Crippen LogP contribution in [0, 0.1) is 5.92 Å². The molecule has 0 saturated heterocycles. The first kappa shape index (κ1) is 9.18. The lowest BCUT2D eigenvalue weighted by atomic mass is 10.2. The zero-order chi connectivity index (χ0) is 9.26. The summed E-state index contributed by atoms with van der Waals surface area (Å²) in [6.45, 7) is 2.08. The van der Waals surface area contributed by atoms with Crippen molar-refractivity contribution in [3.63, 3.8) is 0 Å². The van der Waals surface area contributed by atoms with Crippen LogP contribution in [0.15, 0.2) is 10.8 Å². The van der Waals surface area contributed by atoms with Crippen LogP contribution in [-0.4, -0.2) is 27.9 Å². The largest absolute Gasteiger partial charge is 0.396 e. The van der Waals surface area contributed by atoms with Crippen molar-refractivity contribution in [1.29, 1.82) is 0 Å². The number of imidazole rings is 1. The number of aliphatic hydroxyl groups is 1. The molecule has 0 radical (unpaired) electrons. The summed E-state index contributed by atoms with van der Waals surface area (Å²) in [5.74, 6) is 1.10. The molecule has 1 aliphatic heterocycles. The monoisotopic (exact) mass is 246 g/mol. The molecule has 0 amide bonds. The smallest absolute Gasteiger partial charge is 0.136 e. The molecule has 2 heterocycles. The first-order chi connectivity index (χ1) is 6.29. The van der Waals surface area contributed by atoms with Gasteiger partial charge in [0, 0.05) is 25.3 Å². The number of hydrogen-bond acceptors (Lipinski definition) is 3. The van der Waals surface area contributed by atoms with Crippen molar-refractivity contribution in [2.24, 2.45) is 5.92 Å². The summed E-state index contributed by atoms with van der Waals surface area (Å²) in [4.78, 5) is 4.25. The Balaban J connectivity index is 2.22. The van der Waals surface area contributed by atoms with Crippen molar-refractivity contribution < 1.29 is 9.84 Å². The lowest BCUT2D eigenvalue weighted by Crippen LogP contribution is -2.16. The molecular weight excluding hydrogens is 236 g/mol. The molecule has 0 spiro atoms. The average Bonchev–Trinajstić information content (AvgIpc) is 2.33. The first-order valence-corrected chi connectivity index (χ1v) is 4.99. The maximum atomic E-state index is 9.02. The van der Waals surface area contributed by atoms with Gasteiger partial charge in [-0.1, -0.05) is 0 Å². The van der Waals surface area contributed by atoms with Gasteiger partial charge in [-0.05, 0) is 15.9 Å². The van der Waals surface area contributed by atoms with Crippen molar-refractivity contribution in [3.8, 4) is 0 Å². The summed E-state index contributed by atoms with van der Waals surface area (Å²) >= 11 is 3.31. The third-order valence-electron chi connectivity index (χ3n) is 2.13. The Hall–Kier alpha value is -0.390. The molecule has 0 aromatic carbocycles. The summed E-state index contributed by atoms with van der Waals surface area (Å²) < 4.78 is 8.22. The molecular formula is C8H11BrN2O2. The minimum atomic E-state index is 0.162. The zero-order valence-corrected chi connectivity index (χ0v) is 8.70. The van der Waals surface area contributed by atoms with E-state index in [0.29, 0.717) is 13.2 Å². The van der Waals surface area contributed by atoms with E-state index in [-0.39, 0.29) is 12.5 Å². The van der Waals surface area contributed by atoms with Crippen LogP contribution in [0.1, 0.15) is 5.82 Å². The highest BCUT2D eigenvalue weighted by Crippen LogP contribution is 2.16. The van der Waals surface area contributed by atoms with Gasteiger partial charge in [-0.25, -0.2) is 4.98 Å². The molecule has 1 aromatic heterocycles. The summed E-state index contributed by atoms with van der Waals surface area (Å²) in [6.07, 6.45) is 1.92. The Kier molecular flexibility index (Phi) is 2.66. The lowest BCUT2D eigenvalue weighted by Gasteiger charge is -2.10. The van der Waals surface area contributed by atoms with Gasteiger partial charge in [0.05, 0.1) is 6.61 Å². The molecule has 4 nitrogen and oxygen atoms in total. The van der Waals surface area contributed by atoms with E-state index in [1.807, 2.05) is 10.8 Å². The zero-order valence-electron chi connectivity index (χ0n) is 7.11. The molecule has 1 atom stereocenters. The number of halogens is 1. The standard InChI is InChI=1S/C8H11BrN2O2/c9-7-2-11-1-6(3-12)4-13-5-8(11)10-7/h2,6,12H,1,3-5H2. The summed E-state index contributed by atoms with van der Waals surface area (Å²) in [6, 6.07) is 0. The van der Waals surface area contributed by atoms with Gasteiger partial charge in [0.25, 0.3) is 0 Å². The Morgan fingerprint density at radius 3 is 3.38 bits per heavy atom. The van der Waals surface area contributed by atoms with E-state index in [4.69, 9.17) is 9.84 Å². The molecule has 2 rings (SSSR count). The fourth-order valence-corrected chi connectivity index (χ4v) is 1.90. The normalized spacial score (nSPS) is 22.5. The molecule has 0 fully saturated rings. The Morgan fingerprint density at radius 1 is 1.77 bits per heavy atom. The highest BCUT2D eigenvalue weighted by molar-refractivity contribution is 9.10. The van der Waals surface area contributed by atoms with Crippen LogP contribution in [0.25, 0.3) is 0 Å². The molecule has 1 unspecified atom stereocenters. The predicted molar refractivity (Wildman–Crippen MR) is 50.2 cm³/mol.